The lowest BCUT2D eigenvalue weighted by Gasteiger charge is -2.34. The summed E-state index contributed by atoms with van der Waals surface area (Å²) in [7, 11) is 0. The second-order valence-corrected chi connectivity index (χ2v) is 13.8. The van der Waals surface area contributed by atoms with Crippen molar-refractivity contribution in [1.82, 2.24) is 14.8 Å². The summed E-state index contributed by atoms with van der Waals surface area (Å²) in [5.74, 6) is 3.26. The number of hydrogen-bond donors (Lipinski definition) is 0. The number of ether oxygens (including phenoxy) is 3. The molecule has 0 unspecified atom stereocenters. The molecule has 1 saturated heterocycles. The first kappa shape index (κ1) is 39.4. The predicted octanol–water partition coefficient (Wildman–Crippen LogP) is 9.94. The van der Waals surface area contributed by atoms with Gasteiger partial charge in [-0.15, -0.1) is 12.4 Å². The molecule has 0 bridgehead atoms. The van der Waals surface area contributed by atoms with Crippen LogP contribution in [0.2, 0.25) is 5.02 Å². The number of hydrogen-bond acceptors (Lipinski definition) is 6. The fraction of sp³-hybridized carbons (Fsp3) is 0.273. The van der Waals surface area contributed by atoms with Crippen molar-refractivity contribution in [2.45, 2.75) is 46.3 Å². The maximum atomic E-state index is 13.0. The Hall–Kier alpha value is -4.82. The number of piperazine rings is 1. The van der Waals surface area contributed by atoms with Crippen LogP contribution >= 0.6 is 24.0 Å². The summed E-state index contributed by atoms with van der Waals surface area (Å²) >= 11 is 6.22. The molecule has 1 amide bonds. The van der Waals surface area contributed by atoms with E-state index in [1.165, 1.54) is 16.7 Å². The van der Waals surface area contributed by atoms with Crippen molar-refractivity contribution in [3.63, 3.8) is 0 Å². The highest BCUT2D eigenvalue weighted by molar-refractivity contribution is 6.31. The molecular formula is C44H47Cl2N3O4. The molecule has 2 heterocycles. The van der Waals surface area contributed by atoms with E-state index in [1.54, 1.807) is 18.3 Å². The highest BCUT2D eigenvalue weighted by Gasteiger charge is 2.19. The summed E-state index contributed by atoms with van der Waals surface area (Å²) in [5.41, 5.74) is 6.66. The second kappa shape index (κ2) is 19.3. The van der Waals surface area contributed by atoms with Crippen LogP contribution in [0.4, 0.5) is 0 Å². The first-order chi connectivity index (χ1) is 25.3. The number of aryl methyl sites for hydroxylation is 1. The van der Waals surface area contributed by atoms with Gasteiger partial charge in [0.1, 0.15) is 23.9 Å². The van der Waals surface area contributed by atoms with Crippen LogP contribution in [-0.2, 0) is 24.4 Å². The van der Waals surface area contributed by atoms with E-state index < -0.39 is 0 Å². The van der Waals surface area contributed by atoms with Gasteiger partial charge in [-0.2, -0.15) is 0 Å². The topological polar surface area (TPSA) is 64.1 Å². The number of amides is 1. The number of carbonyl (C=O) groups excluding carboxylic acids is 1. The standard InChI is InChI=1S/C44H46ClN3O4.ClH/c1-32(2)37-14-16-39(17-15-37)50-27-22-34-8-10-36(11-9-34)30-47-23-25-48(26-24-47)44(49)21-13-35-12-19-42(33(3)28-35)52-43-20-18-40(29-46-43)51-31-38-6-4-5-7-41(38)45;/h4-21,28-29,32H,22-27,30-31H2,1-3H3;1H/b21-13+;. The summed E-state index contributed by atoms with van der Waals surface area (Å²) in [6, 6.07) is 34.2. The molecule has 1 aliphatic rings. The average molecular weight is 753 g/mol. The van der Waals surface area contributed by atoms with Gasteiger partial charge in [0.2, 0.25) is 11.8 Å². The molecule has 7 nitrogen and oxygen atoms in total. The van der Waals surface area contributed by atoms with Gasteiger partial charge in [-0.3, -0.25) is 9.69 Å². The summed E-state index contributed by atoms with van der Waals surface area (Å²) in [6.07, 6.45) is 6.03. The van der Waals surface area contributed by atoms with E-state index in [0.717, 1.165) is 48.5 Å². The molecule has 0 N–H and O–H groups in total. The lowest BCUT2D eigenvalue weighted by Crippen LogP contribution is -2.47. The number of benzene rings is 4. The minimum atomic E-state index is 0. The van der Waals surface area contributed by atoms with Crippen LogP contribution in [0.25, 0.3) is 6.08 Å². The normalized spacial score (nSPS) is 13.2. The van der Waals surface area contributed by atoms with Crippen molar-refractivity contribution >= 4 is 36.0 Å². The number of pyridine rings is 1. The highest BCUT2D eigenvalue weighted by atomic mass is 35.5. The summed E-state index contributed by atoms with van der Waals surface area (Å²) in [5, 5.41) is 0.669. The highest BCUT2D eigenvalue weighted by Crippen LogP contribution is 2.27. The third-order valence-corrected chi connectivity index (χ3v) is 9.58. The summed E-state index contributed by atoms with van der Waals surface area (Å²) in [4.78, 5) is 21.7. The molecule has 6 rings (SSSR count). The van der Waals surface area contributed by atoms with E-state index in [0.29, 0.717) is 54.6 Å². The first-order valence-electron chi connectivity index (χ1n) is 17.9. The number of nitrogens with zero attached hydrogens (tertiary/aromatic N) is 3. The van der Waals surface area contributed by atoms with Crippen molar-refractivity contribution in [3.8, 4) is 23.1 Å². The lowest BCUT2D eigenvalue weighted by molar-refractivity contribution is -0.127. The third kappa shape index (κ3) is 11.6. The van der Waals surface area contributed by atoms with Crippen LogP contribution in [0.3, 0.4) is 0 Å². The van der Waals surface area contributed by atoms with E-state index >= 15 is 0 Å². The van der Waals surface area contributed by atoms with E-state index in [2.05, 4.69) is 72.3 Å². The minimum Gasteiger partial charge on any atom is -0.493 e. The Morgan fingerprint density at radius 2 is 1.57 bits per heavy atom. The van der Waals surface area contributed by atoms with Crippen molar-refractivity contribution in [2.24, 2.45) is 0 Å². The largest absolute Gasteiger partial charge is 0.493 e. The molecule has 1 aromatic heterocycles. The van der Waals surface area contributed by atoms with Crippen molar-refractivity contribution in [3.05, 3.63) is 154 Å². The Labute approximate surface area is 324 Å². The van der Waals surface area contributed by atoms with Crippen LogP contribution in [0.5, 0.6) is 23.1 Å². The molecule has 4 aromatic carbocycles. The molecule has 9 heteroatoms. The average Bonchev–Trinajstić information content (AvgIpc) is 3.16. The quantitative estimate of drug-likeness (QED) is 0.105. The molecule has 276 valence electrons. The zero-order valence-corrected chi connectivity index (χ0v) is 32.1. The van der Waals surface area contributed by atoms with Crippen LogP contribution in [-0.4, -0.2) is 53.5 Å². The molecule has 1 aliphatic heterocycles. The maximum absolute atomic E-state index is 13.0. The maximum Gasteiger partial charge on any atom is 0.246 e. The molecule has 53 heavy (non-hydrogen) atoms. The number of carbonyl (C=O) groups is 1. The van der Waals surface area contributed by atoms with Gasteiger partial charge in [0, 0.05) is 61.9 Å². The number of aromatic nitrogens is 1. The predicted molar refractivity (Wildman–Crippen MR) is 216 cm³/mol. The van der Waals surface area contributed by atoms with Gasteiger partial charge < -0.3 is 19.1 Å². The van der Waals surface area contributed by atoms with Gasteiger partial charge in [0.05, 0.1) is 12.8 Å². The van der Waals surface area contributed by atoms with Gasteiger partial charge in [0.15, 0.2) is 0 Å². The Bertz CT molecular complexity index is 1940. The van der Waals surface area contributed by atoms with Crippen molar-refractivity contribution < 1.29 is 19.0 Å². The first-order valence-corrected chi connectivity index (χ1v) is 18.3. The van der Waals surface area contributed by atoms with E-state index in [-0.39, 0.29) is 18.3 Å². The fourth-order valence-electron chi connectivity index (χ4n) is 6.00. The Morgan fingerprint density at radius 3 is 2.25 bits per heavy atom. The number of rotatable bonds is 14. The van der Waals surface area contributed by atoms with E-state index in [1.807, 2.05) is 66.4 Å². The second-order valence-electron chi connectivity index (χ2n) is 13.4. The van der Waals surface area contributed by atoms with Gasteiger partial charge >= 0.3 is 0 Å². The molecule has 1 fully saturated rings. The van der Waals surface area contributed by atoms with Gasteiger partial charge in [-0.25, -0.2) is 4.98 Å². The molecule has 0 radical (unpaired) electrons. The zero-order valence-electron chi connectivity index (χ0n) is 30.5. The van der Waals surface area contributed by atoms with Crippen LogP contribution in [0.15, 0.2) is 115 Å². The zero-order chi connectivity index (χ0) is 36.3. The molecular weight excluding hydrogens is 705 g/mol. The van der Waals surface area contributed by atoms with Crippen LogP contribution in [0.1, 0.15) is 53.1 Å². The molecule has 0 atom stereocenters. The molecule has 5 aromatic rings. The van der Waals surface area contributed by atoms with E-state index in [4.69, 9.17) is 25.8 Å². The number of halogens is 2. The summed E-state index contributed by atoms with van der Waals surface area (Å²) < 4.78 is 17.8. The van der Waals surface area contributed by atoms with Gasteiger partial charge in [-0.05, 0) is 83.1 Å². The van der Waals surface area contributed by atoms with Gasteiger partial charge in [0.25, 0.3) is 0 Å². The van der Waals surface area contributed by atoms with Crippen molar-refractivity contribution in [2.75, 3.05) is 32.8 Å². The van der Waals surface area contributed by atoms with Crippen LogP contribution in [0, 0.1) is 6.92 Å². The lowest BCUT2D eigenvalue weighted by atomic mass is 10.0. The third-order valence-electron chi connectivity index (χ3n) is 9.21. The Kier molecular flexibility index (Phi) is 14.4. The van der Waals surface area contributed by atoms with Crippen molar-refractivity contribution in [1.29, 1.82) is 0 Å². The smallest absolute Gasteiger partial charge is 0.246 e. The Morgan fingerprint density at radius 1 is 0.849 bits per heavy atom. The van der Waals surface area contributed by atoms with E-state index in [9.17, 15) is 4.79 Å². The fourth-order valence-corrected chi connectivity index (χ4v) is 6.19. The Balaban J connectivity index is 0.00000541. The monoisotopic (exact) mass is 751 g/mol. The minimum absolute atomic E-state index is 0. The van der Waals surface area contributed by atoms with Gasteiger partial charge in [-0.1, -0.05) is 86.1 Å². The molecule has 0 spiro atoms. The molecule has 0 aliphatic carbocycles. The van der Waals surface area contributed by atoms with Crippen LogP contribution < -0.4 is 14.2 Å². The SMILES string of the molecule is Cc1cc(/C=C/C(=O)N2CCN(Cc3ccc(CCOc4ccc(C(C)C)cc4)cc3)CC2)ccc1Oc1ccc(OCc2ccccc2Cl)cn1.Cl. The molecule has 0 saturated carbocycles. The summed E-state index contributed by atoms with van der Waals surface area (Å²) in [6.45, 7) is 11.4.